The molecule has 2 aromatic rings. The van der Waals surface area contributed by atoms with Crippen LogP contribution in [0.1, 0.15) is 19.4 Å². The van der Waals surface area contributed by atoms with Gasteiger partial charge in [0.2, 0.25) is 0 Å². The molecule has 1 fully saturated rings. The lowest BCUT2D eigenvalue weighted by Crippen LogP contribution is -2.50. The highest BCUT2D eigenvalue weighted by Gasteiger charge is 2.22. The van der Waals surface area contributed by atoms with Crippen LogP contribution in [0.3, 0.4) is 0 Å². The highest BCUT2D eigenvalue weighted by atomic mass is 16.5. The quantitative estimate of drug-likeness (QED) is 0.575. The van der Waals surface area contributed by atoms with E-state index < -0.39 is 0 Å². The van der Waals surface area contributed by atoms with Crippen molar-refractivity contribution in [2.24, 2.45) is 0 Å². The Morgan fingerprint density at radius 3 is 2.29 bits per heavy atom. The first kappa shape index (κ1) is 22.5. The van der Waals surface area contributed by atoms with Crippen molar-refractivity contribution < 1.29 is 23.8 Å². The fourth-order valence-corrected chi connectivity index (χ4v) is 3.51. The maximum atomic E-state index is 12.6. The molecule has 0 aliphatic carbocycles. The van der Waals surface area contributed by atoms with E-state index in [2.05, 4.69) is 17.0 Å². The number of carbonyl (C=O) groups is 2. The predicted octanol–water partition coefficient (Wildman–Crippen LogP) is 2.92. The zero-order valence-corrected chi connectivity index (χ0v) is 18.2. The second kappa shape index (κ2) is 11.2. The van der Waals surface area contributed by atoms with Gasteiger partial charge in [-0.25, -0.2) is 0 Å². The molecule has 0 bridgehead atoms. The number of nitrogens with zero attached hydrogens (tertiary/aromatic N) is 2. The zero-order chi connectivity index (χ0) is 22.1. The number of carbonyl (C=O) groups excluding carboxylic acids is 2. The molecule has 7 nitrogen and oxygen atoms in total. The number of ether oxygens (including phenoxy) is 3. The molecular weight excluding hydrogens is 396 g/mol. The summed E-state index contributed by atoms with van der Waals surface area (Å²) in [5.41, 5.74) is 1.95. The summed E-state index contributed by atoms with van der Waals surface area (Å²) in [6, 6.07) is 15.5. The van der Waals surface area contributed by atoms with Gasteiger partial charge in [-0.05, 0) is 43.7 Å². The summed E-state index contributed by atoms with van der Waals surface area (Å²) in [7, 11) is 0. The molecule has 166 valence electrons. The van der Waals surface area contributed by atoms with Gasteiger partial charge in [0, 0.05) is 31.9 Å². The molecule has 1 aliphatic heterocycles. The Balaban J connectivity index is 1.54. The molecule has 1 saturated heterocycles. The fraction of sp³-hybridized carbons (Fsp3) is 0.417. The molecule has 0 N–H and O–H groups in total. The van der Waals surface area contributed by atoms with E-state index in [-0.39, 0.29) is 24.9 Å². The molecule has 0 spiro atoms. The first-order valence-corrected chi connectivity index (χ1v) is 10.7. The van der Waals surface area contributed by atoms with E-state index in [1.165, 1.54) is 5.69 Å². The molecule has 0 saturated carbocycles. The lowest BCUT2D eigenvalue weighted by molar-refractivity contribution is -0.142. The third-order valence-electron chi connectivity index (χ3n) is 5.07. The van der Waals surface area contributed by atoms with Crippen LogP contribution in [0, 0.1) is 0 Å². The highest BCUT2D eigenvalue weighted by Crippen LogP contribution is 2.29. The van der Waals surface area contributed by atoms with E-state index in [9.17, 15) is 9.59 Å². The van der Waals surface area contributed by atoms with E-state index in [1.807, 2.05) is 30.0 Å². The van der Waals surface area contributed by atoms with Crippen LogP contribution in [-0.4, -0.2) is 62.8 Å². The number of hydrogen-bond acceptors (Lipinski definition) is 6. The van der Waals surface area contributed by atoms with Crippen molar-refractivity contribution in [2.75, 3.05) is 50.9 Å². The Morgan fingerprint density at radius 2 is 1.61 bits per heavy atom. The predicted molar refractivity (Wildman–Crippen MR) is 119 cm³/mol. The average Bonchev–Trinajstić information content (AvgIpc) is 2.79. The lowest BCUT2D eigenvalue weighted by atomic mass is 10.1. The molecule has 2 aromatic carbocycles. The summed E-state index contributed by atoms with van der Waals surface area (Å²) in [6.45, 7) is 7.31. The largest absolute Gasteiger partial charge is 0.490 e. The van der Waals surface area contributed by atoms with Crippen molar-refractivity contribution in [1.82, 2.24) is 4.90 Å². The molecule has 7 heteroatoms. The van der Waals surface area contributed by atoms with Crippen molar-refractivity contribution in [1.29, 1.82) is 0 Å². The van der Waals surface area contributed by atoms with Crippen molar-refractivity contribution in [3.8, 4) is 11.5 Å². The van der Waals surface area contributed by atoms with Gasteiger partial charge in [-0.1, -0.05) is 24.3 Å². The van der Waals surface area contributed by atoms with Crippen LogP contribution in [0.15, 0.2) is 48.5 Å². The summed E-state index contributed by atoms with van der Waals surface area (Å²) in [6.07, 6.45) is 0.165. The third-order valence-corrected chi connectivity index (χ3v) is 5.07. The number of para-hydroxylation sites is 1. The van der Waals surface area contributed by atoms with E-state index in [1.54, 1.807) is 25.1 Å². The van der Waals surface area contributed by atoms with E-state index in [0.717, 1.165) is 18.7 Å². The Kier molecular flexibility index (Phi) is 8.15. The van der Waals surface area contributed by atoms with E-state index in [4.69, 9.17) is 14.2 Å². The normalized spacial score (nSPS) is 13.6. The number of anilines is 1. The van der Waals surface area contributed by atoms with Gasteiger partial charge in [-0.15, -0.1) is 0 Å². The maximum Gasteiger partial charge on any atom is 0.310 e. The highest BCUT2D eigenvalue weighted by molar-refractivity contribution is 5.78. The van der Waals surface area contributed by atoms with E-state index >= 15 is 0 Å². The summed E-state index contributed by atoms with van der Waals surface area (Å²) in [5, 5.41) is 0. The molecular formula is C24H30N2O5. The minimum Gasteiger partial charge on any atom is -0.490 e. The number of rotatable bonds is 9. The molecule has 0 radical (unpaired) electrons. The first-order valence-electron chi connectivity index (χ1n) is 10.7. The smallest absolute Gasteiger partial charge is 0.310 e. The van der Waals surface area contributed by atoms with Crippen LogP contribution in [-0.2, 0) is 20.7 Å². The van der Waals surface area contributed by atoms with Crippen molar-refractivity contribution in [3.05, 3.63) is 54.1 Å². The zero-order valence-electron chi connectivity index (χ0n) is 18.2. The van der Waals surface area contributed by atoms with Gasteiger partial charge in [0.25, 0.3) is 5.91 Å². The van der Waals surface area contributed by atoms with Crippen LogP contribution in [0.2, 0.25) is 0 Å². The van der Waals surface area contributed by atoms with Gasteiger partial charge in [0.15, 0.2) is 18.1 Å². The summed E-state index contributed by atoms with van der Waals surface area (Å²) in [4.78, 5) is 28.5. The Morgan fingerprint density at radius 1 is 0.871 bits per heavy atom. The molecule has 3 rings (SSSR count). The van der Waals surface area contributed by atoms with Gasteiger partial charge >= 0.3 is 5.97 Å². The SMILES string of the molecule is CCOC(=O)Cc1ccc(OCC(=O)N2CCN(c3ccccc3)CC2)c(OCC)c1. The minimum absolute atomic E-state index is 0.0502. The minimum atomic E-state index is -0.288. The second-order valence-electron chi connectivity index (χ2n) is 7.19. The fourth-order valence-electron chi connectivity index (χ4n) is 3.51. The maximum absolute atomic E-state index is 12.6. The molecule has 0 aromatic heterocycles. The van der Waals surface area contributed by atoms with Crippen LogP contribution in [0.5, 0.6) is 11.5 Å². The van der Waals surface area contributed by atoms with Gasteiger partial charge in [0.1, 0.15) is 0 Å². The van der Waals surface area contributed by atoms with Crippen LogP contribution < -0.4 is 14.4 Å². The first-order chi connectivity index (χ1) is 15.1. The number of piperazine rings is 1. The Labute approximate surface area is 183 Å². The summed E-state index contributed by atoms with van der Waals surface area (Å²) >= 11 is 0. The standard InChI is InChI=1S/C24H30N2O5/c1-3-29-22-16-19(17-24(28)30-4-2)10-11-21(22)31-18-23(27)26-14-12-25(13-15-26)20-8-6-5-7-9-20/h5-11,16H,3-4,12-15,17-18H2,1-2H3. The van der Waals surface area contributed by atoms with Crippen LogP contribution in [0.4, 0.5) is 5.69 Å². The number of hydrogen-bond donors (Lipinski definition) is 0. The molecule has 1 aliphatic rings. The monoisotopic (exact) mass is 426 g/mol. The molecule has 31 heavy (non-hydrogen) atoms. The van der Waals surface area contributed by atoms with Crippen LogP contribution in [0.25, 0.3) is 0 Å². The molecule has 0 unspecified atom stereocenters. The Bertz CT molecular complexity index is 864. The second-order valence-corrected chi connectivity index (χ2v) is 7.19. The lowest BCUT2D eigenvalue weighted by Gasteiger charge is -2.36. The van der Waals surface area contributed by atoms with Crippen molar-refractivity contribution in [3.63, 3.8) is 0 Å². The topological polar surface area (TPSA) is 68.3 Å². The number of esters is 1. The molecule has 0 atom stereocenters. The third kappa shape index (κ3) is 6.38. The number of amides is 1. The van der Waals surface area contributed by atoms with E-state index in [0.29, 0.717) is 37.8 Å². The summed E-state index contributed by atoms with van der Waals surface area (Å²) < 4.78 is 16.4. The van der Waals surface area contributed by atoms with Gasteiger partial charge in [-0.2, -0.15) is 0 Å². The number of benzene rings is 2. The summed E-state index contributed by atoms with van der Waals surface area (Å²) in [5.74, 6) is 0.672. The van der Waals surface area contributed by atoms with Crippen molar-refractivity contribution in [2.45, 2.75) is 20.3 Å². The van der Waals surface area contributed by atoms with Gasteiger partial charge in [-0.3, -0.25) is 9.59 Å². The van der Waals surface area contributed by atoms with Crippen molar-refractivity contribution >= 4 is 17.6 Å². The van der Waals surface area contributed by atoms with Gasteiger partial charge in [0.05, 0.1) is 19.6 Å². The van der Waals surface area contributed by atoms with Gasteiger partial charge < -0.3 is 24.0 Å². The van der Waals surface area contributed by atoms with Crippen LogP contribution >= 0.6 is 0 Å². The Hall–Kier alpha value is -3.22. The average molecular weight is 427 g/mol. The molecule has 1 amide bonds. The molecule has 1 heterocycles.